The van der Waals surface area contributed by atoms with Gasteiger partial charge in [0.15, 0.2) is 0 Å². The summed E-state index contributed by atoms with van der Waals surface area (Å²) in [5.74, 6) is -0.418. The van der Waals surface area contributed by atoms with Crippen molar-refractivity contribution in [2.45, 2.75) is 13.0 Å². The summed E-state index contributed by atoms with van der Waals surface area (Å²) in [6.07, 6.45) is 0. The van der Waals surface area contributed by atoms with E-state index in [9.17, 15) is 9.18 Å². The minimum atomic E-state index is -0.418. The monoisotopic (exact) mass is 361 g/mol. The lowest BCUT2D eigenvalue weighted by molar-refractivity contribution is 0.191. The van der Waals surface area contributed by atoms with Crippen molar-refractivity contribution in [1.82, 2.24) is 10.2 Å². The van der Waals surface area contributed by atoms with Crippen molar-refractivity contribution in [2.75, 3.05) is 31.1 Å². The van der Waals surface area contributed by atoms with Crippen LogP contribution >= 0.6 is 11.6 Å². The van der Waals surface area contributed by atoms with Crippen molar-refractivity contribution >= 4 is 23.3 Å². The van der Waals surface area contributed by atoms with Gasteiger partial charge in [0.2, 0.25) is 0 Å². The zero-order chi connectivity index (χ0) is 17.8. The number of piperazine rings is 1. The molecule has 3 rings (SSSR count). The normalized spacial score (nSPS) is 15.8. The summed E-state index contributed by atoms with van der Waals surface area (Å²) in [5, 5.41) is 3.15. The summed E-state index contributed by atoms with van der Waals surface area (Å²) in [6.45, 7) is 4.58. The molecule has 2 aromatic rings. The zero-order valence-electron chi connectivity index (χ0n) is 14.1. The van der Waals surface area contributed by atoms with Crippen LogP contribution in [-0.4, -0.2) is 37.1 Å². The number of anilines is 1. The van der Waals surface area contributed by atoms with Crippen LogP contribution in [0.5, 0.6) is 0 Å². The topological polar surface area (TPSA) is 35.6 Å². The lowest BCUT2D eigenvalue weighted by atomic mass is 10.1. The smallest absolute Gasteiger partial charge is 0.317 e. The Morgan fingerprint density at radius 3 is 2.44 bits per heavy atom. The zero-order valence-corrected chi connectivity index (χ0v) is 14.8. The third kappa shape index (κ3) is 4.23. The van der Waals surface area contributed by atoms with Crippen molar-refractivity contribution < 1.29 is 9.18 Å². The van der Waals surface area contributed by atoms with Crippen molar-refractivity contribution in [1.29, 1.82) is 0 Å². The van der Waals surface area contributed by atoms with Crippen molar-refractivity contribution in [3.63, 3.8) is 0 Å². The SMILES string of the molecule is CC(NC(=O)N1CCN(c2ccc(F)c(Cl)c2)CC1)c1ccccc1. The molecule has 1 unspecified atom stereocenters. The fraction of sp³-hybridized carbons (Fsp3) is 0.316. The summed E-state index contributed by atoms with van der Waals surface area (Å²) >= 11 is 5.85. The first kappa shape index (κ1) is 17.5. The first-order valence-corrected chi connectivity index (χ1v) is 8.73. The number of nitrogens with one attached hydrogen (secondary N) is 1. The number of hydrogen-bond acceptors (Lipinski definition) is 2. The molecule has 0 aromatic heterocycles. The lowest BCUT2D eigenvalue weighted by Gasteiger charge is -2.36. The second-order valence-electron chi connectivity index (χ2n) is 6.15. The van der Waals surface area contributed by atoms with Gasteiger partial charge in [-0.2, -0.15) is 0 Å². The van der Waals surface area contributed by atoms with Crippen LogP contribution in [0.2, 0.25) is 5.02 Å². The predicted octanol–water partition coefficient (Wildman–Crippen LogP) is 4.07. The predicted molar refractivity (Wildman–Crippen MR) is 98.6 cm³/mol. The molecule has 2 amide bonds. The Morgan fingerprint density at radius 1 is 1.12 bits per heavy atom. The van der Waals surface area contributed by atoms with E-state index < -0.39 is 5.82 Å². The highest BCUT2D eigenvalue weighted by atomic mass is 35.5. The first-order chi connectivity index (χ1) is 12.0. The Morgan fingerprint density at radius 2 is 1.80 bits per heavy atom. The van der Waals surface area contributed by atoms with Crippen LogP contribution in [0.1, 0.15) is 18.5 Å². The minimum Gasteiger partial charge on any atom is -0.368 e. The number of benzene rings is 2. The van der Waals surface area contributed by atoms with E-state index in [1.165, 1.54) is 6.07 Å². The van der Waals surface area contributed by atoms with Gasteiger partial charge < -0.3 is 15.1 Å². The molecule has 1 aliphatic heterocycles. The Kier molecular flexibility index (Phi) is 5.43. The van der Waals surface area contributed by atoms with Gasteiger partial charge in [0.05, 0.1) is 11.1 Å². The van der Waals surface area contributed by atoms with Crippen LogP contribution in [0.3, 0.4) is 0 Å². The van der Waals surface area contributed by atoms with Gasteiger partial charge in [0.1, 0.15) is 5.82 Å². The highest BCUT2D eigenvalue weighted by Crippen LogP contribution is 2.23. The van der Waals surface area contributed by atoms with Crippen LogP contribution < -0.4 is 10.2 Å². The summed E-state index contributed by atoms with van der Waals surface area (Å²) in [4.78, 5) is 16.4. The van der Waals surface area contributed by atoms with Crippen molar-refractivity contribution in [3.8, 4) is 0 Å². The van der Waals surface area contributed by atoms with Gasteiger partial charge in [-0.1, -0.05) is 41.9 Å². The quantitative estimate of drug-likeness (QED) is 0.894. The minimum absolute atomic E-state index is 0.0392. The van der Waals surface area contributed by atoms with Gasteiger partial charge in [0, 0.05) is 31.9 Å². The molecule has 4 nitrogen and oxygen atoms in total. The van der Waals surface area contributed by atoms with Gasteiger partial charge in [-0.25, -0.2) is 9.18 Å². The van der Waals surface area contributed by atoms with E-state index in [1.807, 2.05) is 37.3 Å². The van der Waals surface area contributed by atoms with Crippen molar-refractivity contribution in [3.05, 3.63) is 64.9 Å². The number of rotatable bonds is 3. The molecule has 0 bridgehead atoms. The van der Waals surface area contributed by atoms with Crippen LogP contribution in [0.25, 0.3) is 0 Å². The van der Waals surface area contributed by atoms with Gasteiger partial charge >= 0.3 is 6.03 Å². The van der Waals surface area contributed by atoms with E-state index in [0.717, 1.165) is 11.3 Å². The second kappa shape index (κ2) is 7.74. The van der Waals surface area contributed by atoms with E-state index in [-0.39, 0.29) is 17.1 Å². The second-order valence-corrected chi connectivity index (χ2v) is 6.56. The highest BCUT2D eigenvalue weighted by Gasteiger charge is 2.22. The highest BCUT2D eigenvalue weighted by molar-refractivity contribution is 6.31. The van der Waals surface area contributed by atoms with E-state index >= 15 is 0 Å². The molecule has 0 aliphatic carbocycles. The molecule has 6 heteroatoms. The molecular weight excluding hydrogens is 341 g/mol. The van der Waals surface area contributed by atoms with Gasteiger partial charge in [-0.15, -0.1) is 0 Å². The number of nitrogens with zero attached hydrogens (tertiary/aromatic N) is 2. The number of carbonyl (C=O) groups excluding carboxylic acids is 1. The van der Waals surface area contributed by atoms with Crippen LogP contribution in [0, 0.1) is 5.82 Å². The number of halogens is 2. The largest absolute Gasteiger partial charge is 0.368 e. The molecule has 1 fully saturated rings. The summed E-state index contributed by atoms with van der Waals surface area (Å²) < 4.78 is 13.3. The molecule has 1 saturated heterocycles. The Labute approximate surface area is 152 Å². The molecule has 0 radical (unpaired) electrons. The Hall–Kier alpha value is -2.27. The average Bonchev–Trinajstić information content (AvgIpc) is 2.65. The Balaban J connectivity index is 1.54. The van der Waals surface area contributed by atoms with E-state index in [4.69, 9.17) is 11.6 Å². The van der Waals surface area contributed by atoms with E-state index in [1.54, 1.807) is 17.0 Å². The molecule has 1 heterocycles. The number of amides is 2. The number of hydrogen-bond donors (Lipinski definition) is 1. The molecule has 0 spiro atoms. The fourth-order valence-electron chi connectivity index (χ4n) is 2.95. The third-order valence-corrected chi connectivity index (χ3v) is 4.76. The standard InChI is InChI=1S/C19H21ClFN3O/c1-14(15-5-3-2-4-6-15)22-19(25)24-11-9-23(10-12-24)16-7-8-18(21)17(20)13-16/h2-8,13-14H,9-12H2,1H3,(H,22,25). The maximum atomic E-state index is 13.3. The van der Waals surface area contributed by atoms with Crippen LogP contribution in [0.4, 0.5) is 14.9 Å². The van der Waals surface area contributed by atoms with Crippen LogP contribution in [-0.2, 0) is 0 Å². The molecule has 132 valence electrons. The average molecular weight is 362 g/mol. The van der Waals surface area contributed by atoms with E-state index in [2.05, 4.69) is 10.2 Å². The molecule has 1 aliphatic rings. The maximum Gasteiger partial charge on any atom is 0.317 e. The number of urea groups is 1. The molecule has 1 atom stereocenters. The summed E-state index contributed by atoms with van der Waals surface area (Å²) in [6, 6.07) is 14.5. The Bertz CT molecular complexity index is 733. The summed E-state index contributed by atoms with van der Waals surface area (Å²) in [5.41, 5.74) is 1.96. The number of carbonyl (C=O) groups is 1. The summed E-state index contributed by atoms with van der Waals surface area (Å²) in [7, 11) is 0. The molecule has 25 heavy (non-hydrogen) atoms. The van der Waals surface area contributed by atoms with Crippen molar-refractivity contribution in [2.24, 2.45) is 0 Å². The molecular formula is C19H21ClFN3O. The third-order valence-electron chi connectivity index (χ3n) is 4.47. The van der Waals surface area contributed by atoms with Crippen LogP contribution in [0.15, 0.2) is 48.5 Å². The molecule has 2 aromatic carbocycles. The fourth-order valence-corrected chi connectivity index (χ4v) is 3.13. The van der Waals surface area contributed by atoms with Gasteiger partial charge in [-0.3, -0.25) is 0 Å². The lowest BCUT2D eigenvalue weighted by Crippen LogP contribution is -2.52. The van der Waals surface area contributed by atoms with Gasteiger partial charge in [-0.05, 0) is 30.7 Å². The van der Waals surface area contributed by atoms with E-state index in [0.29, 0.717) is 26.2 Å². The molecule has 1 N–H and O–H groups in total. The first-order valence-electron chi connectivity index (χ1n) is 8.35. The maximum absolute atomic E-state index is 13.3. The molecule has 0 saturated carbocycles. The van der Waals surface area contributed by atoms with Gasteiger partial charge in [0.25, 0.3) is 0 Å².